The Balaban J connectivity index is 2.74. The molecule has 86 valence electrons. The van der Waals surface area contributed by atoms with E-state index in [2.05, 4.69) is 18.6 Å². The monoisotopic (exact) mass is 220 g/mol. The lowest BCUT2D eigenvalue weighted by atomic mass is 10.00. The van der Waals surface area contributed by atoms with Crippen LogP contribution in [0.5, 0.6) is 0 Å². The standard InChI is InChI=1S/C13H16O3/c1-9(2)10-4-6-11(7-5-10)12(14)8-13(15)16-3/h4-7,9H,8H2,1-3H3. The number of ether oxygens (including phenoxy) is 1. The fraction of sp³-hybridized carbons (Fsp3) is 0.385. The Bertz CT molecular complexity index is 377. The normalized spacial score (nSPS) is 10.2. The minimum atomic E-state index is -0.502. The van der Waals surface area contributed by atoms with E-state index in [-0.39, 0.29) is 12.2 Å². The van der Waals surface area contributed by atoms with Gasteiger partial charge in [-0.3, -0.25) is 9.59 Å². The van der Waals surface area contributed by atoms with Gasteiger partial charge in [-0.05, 0) is 11.5 Å². The number of Topliss-reactive ketones (excluding diaryl/α,β-unsaturated/α-hetero) is 1. The second-order valence-corrected chi connectivity index (χ2v) is 3.95. The van der Waals surface area contributed by atoms with Gasteiger partial charge in [-0.1, -0.05) is 38.1 Å². The second-order valence-electron chi connectivity index (χ2n) is 3.95. The van der Waals surface area contributed by atoms with Crippen LogP contribution in [0, 0.1) is 0 Å². The highest BCUT2D eigenvalue weighted by Gasteiger charge is 2.11. The van der Waals surface area contributed by atoms with Gasteiger partial charge in [0.05, 0.1) is 7.11 Å². The highest BCUT2D eigenvalue weighted by Crippen LogP contribution is 2.15. The molecule has 16 heavy (non-hydrogen) atoms. The summed E-state index contributed by atoms with van der Waals surface area (Å²) in [6.45, 7) is 4.18. The summed E-state index contributed by atoms with van der Waals surface area (Å²) in [5.41, 5.74) is 1.73. The summed E-state index contributed by atoms with van der Waals surface area (Å²) in [5.74, 6) is -0.273. The Morgan fingerprint density at radius 2 is 1.75 bits per heavy atom. The highest BCUT2D eigenvalue weighted by atomic mass is 16.5. The molecule has 0 unspecified atom stereocenters. The summed E-state index contributed by atoms with van der Waals surface area (Å²) in [7, 11) is 1.28. The van der Waals surface area contributed by atoms with Crippen molar-refractivity contribution in [3.63, 3.8) is 0 Å². The van der Waals surface area contributed by atoms with E-state index in [0.29, 0.717) is 11.5 Å². The van der Waals surface area contributed by atoms with Gasteiger partial charge in [0.25, 0.3) is 0 Å². The molecule has 0 radical (unpaired) electrons. The lowest BCUT2D eigenvalue weighted by molar-refractivity contribution is -0.139. The van der Waals surface area contributed by atoms with E-state index in [4.69, 9.17) is 0 Å². The van der Waals surface area contributed by atoms with E-state index in [1.807, 2.05) is 12.1 Å². The molecule has 0 heterocycles. The number of hydrogen-bond acceptors (Lipinski definition) is 3. The average molecular weight is 220 g/mol. The fourth-order valence-electron chi connectivity index (χ4n) is 1.36. The molecule has 3 heteroatoms. The zero-order chi connectivity index (χ0) is 12.1. The third-order valence-corrected chi connectivity index (χ3v) is 2.43. The van der Waals surface area contributed by atoms with Crippen LogP contribution in [0.15, 0.2) is 24.3 Å². The van der Waals surface area contributed by atoms with Crippen LogP contribution >= 0.6 is 0 Å². The number of rotatable bonds is 4. The number of hydrogen-bond donors (Lipinski definition) is 0. The van der Waals surface area contributed by atoms with Gasteiger partial charge >= 0.3 is 5.97 Å². The van der Waals surface area contributed by atoms with Crippen molar-refractivity contribution in [2.45, 2.75) is 26.2 Å². The first-order valence-corrected chi connectivity index (χ1v) is 5.24. The highest BCUT2D eigenvalue weighted by molar-refractivity contribution is 6.05. The SMILES string of the molecule is COC(=O)CC(=O)c1ccc(C(C)C)cc1. The molecule has 0 spiro atoms. The molecule has 0 saturated carbocycles. The Morgan fingerprint density at radius 3 is 2.19 bits per heavy atom. The number of methoxy groups -OCH3 is 1. The summed E-state index contributed by atoms with van der Waals surface area (Å²) < 4.78 is 4.44. The molecule has 3 nitrogen and oxygen atoms in total. The zero-order valence-electron chi connectivity index (χ0n) is 9.82. The Morgan fingerprint density at radius 1 is 1.19 bits per heavy atom. The lowest BCUT2D eigenvalue weighted by Gasteiger charge is -2.05. The quantitative estimate of drug-likeness (QED) is 0.445. The maximum atomic E-state index is 11.6. The lowest BCUT2D eigenvalue weighted by Crippen LogP contribution is -2.09. The summed E-state index contributed by atoms with van der Waals surface area (Å²) in [4.78, 5) is 22.5. The number of carbonyl (C=O) groups excluding carboxylic acids is 2. The van der Waals surface area contributed by atoms with Crippen molar-refractivity contribution in [2.24, 2.45) is 0 Å². The van der Waals surface area contributed by atoms with Gasteiger partial charge < -0.3 is 4.74 Å². The van der Waals surface area contributed by atoms with Crippen LogP contribution in [0.1, 0.15) is 42.1 Å². The number of carbonyl (C=O) groups is 2. The molecule has 0 bridgehead atoms. The van der Waals surface area contributed by atoms with E-state index in [1.54, 1.807) is 12.1 Å². The number of esters is 1. The van der Waals surface area contributed by atoms with Crippen LogP contribution in [-0.4, -0.2) is 18.9 Å². The van der Waals surface area contributed by atoms with Crippen molar-refractivity contribution in [2.75, 3.05) is 7.11 Å². The number of ketones is 1. The Labute approximate surface area is 95.4 Å². The summed E-state index contributed by atoms with van der Waals surface area (Å²) >= 11 is 0. The molecular formula is C13H16O3. The summed E-state index contributed by atoms with van der Waals surface area (Å²) in [5, 5.41) is 0. The smallest absolute Gasteiger partial charge is 0.313 e. The first-order chi connectivity index (χ1) is 7.54. The topological polar surface area (TPSA) is 43.4 Å². The molecule has 0 aliphatic carbocycles. The fourth-order valence-corrected chi connectivity index (χ4v) is 1.36. The van der Waals surface area contributed by atoms with Crippen LogP contribution in [0.4, 0.5) is 0 Å². The molecule has 0 aliphatic rings. The van der Waals surface area contributed by atoms with Crippen LogP contribution in [-0.2, 0) is 9.53 Å². The van der Waals surface area contributed by atoms with E-state index in [9.17, 15) is 9.59 Å². The average Bonchev–Trinajstić information content (AvgIpc) is 2.28. The maximum Gasteiger partial charge on any atom is 0.313 e. The van der Waals surface area contributed by atoms with Gasteiger partial charge in [0.1, 0.15) is 6.42 Å². The van der Waals surface area contributed by atoms with Crippen LogP contribution in [0.3, 0.4) is 0 Å². The van der Waals surface area contributed by atoms with Crippen LogP contribution in [0.2, 0.25) is 0 Å². The molecule has 0 amide bonds. The number of benzene rings is 1. The second kappa shape index (κ2) is 5.45. The van der Waals surface area contributed by atoms with E-state index >= 15 is 0 Å². The zero-order valence-corrected chi connectivity index (χ0v) is 9.82. The molecule has 0 saturated heterocycles. The van der Waals surface area contributed by atoms with Crippen molar-refractivity contribution in [3.8, 4) is 0 Å². The minimum absolute atomic E-state index is 0.197. The maximum absolute atomic E-state index is 11.6. The van der Waals surface area contributed by atoms with E-state index in [1.165, 1.54) is 12.7 Å². The molecule has 0 aliphatic heterocycles. The van der Waals surface area contributed by atoms with Crippen LogP contribution < -0.4 is 0 Å². The molecule has 0 fully saturated rings. The molecule has 1 rings (SSSR count). The van der Waals surface area contributed by atoms with E-state index in [0.717, 1.165) is 0 Å². The van der Waals surface area contributed by atoms with Crippen molar-refractivity contribution >= 4 is 11.8 Å². The van der Waals surface area contributed by atoms with Crippen molar-refractivity contribution in [1.29, 1.82) is 0 Å². The molecule has 1 aromatic carbocycles. The largest absolute Gasteiger partial charge is 0.469 e. The Kier molecular flexibility index (Phi) is 4.23. The molecular weight excluding hydrogens is 204 g/mol. The van der Waals surface area contributed by atoms with Gasteiger partial charge in [-0.2, -0.15) is 0 Å². The summed E-state index contributed by atoms with van der Waals surface area (Å²) in [6.07, 6.45) is -0.197. The van der Waals surface area contributed by atoms with Crippen molar-refractivity contribution in [3.05, 3.63) is 35.4 Å². The van der Waals surface area contributed by atoms with Crippen LogP contribution in [0.25, 0.3) is 0 Å². The minimum Gasteiger partial charge on any atom is -0.469 e. The van der Waals surface area contributed by atoms with Crippen molar-refractivity contribution < 1.29 is 14.3 Å². The van der Waals surface area contributed by atoms with Gasteiger partial charge in [0, 0.05) is 5.56 Å². The van der Waals surface area contributed by atoms with Crippen molar-refractivity contribution in [1.82, 2.24) is 0 Å². The molecule has 0 aromatic heterocycles. The van der Waals surface area contributed by atoms with E-state index < -0.39 is 5.97 Å². The third kappa shape index (κ3) is 3.19. The summed E-state index contributed by atoms with van der Waals surface area (Å²) in [6, 6.07) is 7.32. The first-order valence-electron chi connectivity index (χ1n) is 5.24. The molecule has 1 aromatic rings. The van der Waals surface area contributed by atoms with Gasteiger partial charge in [0.2, 0.25) is 0 Å². The predicted molar refractivity (Wildman–Crippen MR) is 61.5 cm³/mol. The predicted octanol–water partition coefficient (Wildman–Crippen LogP) is 2.56. The third-order valence-electron chi connectivity index (χ3n) is 2.43. The molecule has 0 N–H and O–H groups in total. The Hall–Kier alpha value is -1.64. The van der Waals surface area contributed by atoms with Gasteiger partial charge in [-0.15, -0.1) is 0 Å². The van der Waals surface area contributed by atoms with Gasteiger partial charge in [-0.25, -0.2) is 0 Å². The van der Waals surface area contributed by atoms with Gasteiger partial charge in [0.15, 0.2) is 5.78 Å². The first kappa shape index (κ1) is 12.4. The molecule has 0 atom stereocenters.